The van der Waals surface area contributed by atoms with Crippen molar-refractivity contribution >= 4 is 22.8 Å². The van der Waals surface area contributed by atoms with Gasteiger partial charge in [0.15, 0.2) is 0 Å². The van der Waals surface area contributed by atoms with Crippen LogP contribution in [0.1, 0.15) is 58.3 Å². The number of likely N-dealkylation sites (N-methyl/N-ethyl adjacent to an activating group) is 1. The SMILES string of the molecule is CC(C(=O)[O-])N(C)C1CCC(/C=C/C2=NC3CCCCC3S2)CC1. The number of rotatable bonds is 5. The van der Waals surface area contributed by atoms with Gasteiger partial charge in [-0.2, -0.15) is 0 Å². The van der Waals surface area contributed by atoms with Gasteiger partial charge in [0.1, 0.15) is 0 Å². The molecule has 0 saturated heterocycles. The Balaban J connectivity index is 1.46. The van der Waals surface area contributed by atoms with Crippen LogP contribution in [0.3, 0.4) is 0 Å². The van der Waals surface area contributed by atoms with Gasteiger partial charge in [0.05, 0.1) is 17.1 Å². The Hall–Kier alpha value is -0.810. The van der Waals surface area contributed by atoms with E-state index < -0.39 is 12.0 Å². The van der Waals surface area contributed by atoms with Crippen LogP contribution in [0.15, 0.2) is 17.1 Å². The number of nitrogens with zero attached hydrogens (tertiary/aromatic N) is 2. The molecule has 0 aromatic rings. The lowest BCUT2D eigenvalue weighted by molar-refractivity contribution is -0.311. The summed E-state index contributed by atoms with van der Waals surface area (Å²) < 4.78 is 0. The largest absolute Gasteiger partial charge is 0.548 e. The van der Waals surface area contributed by atoms with Crippen LogP contribution in [-0.2, 0) is 4.79 Å². The fraction of sp³-hybridized carbons (Fsp3) is 0.789. The number of aliphatic imine (C=N–C) groups is 1. The Labute approximate surface area is 149 Å². The van der Waals surface area contributed by atoms with E-state index >= 15 is 0 Å². The Kier molecular flexibility index (Phi) is 6.03. The number of carboxylic acids is 1. The monoisotopic (exact) mass is 349 g/mol. The molecule has 0 bridgehead atoms. The lowest BCUT2D eigenvalue weighted by atomic mass is 9.85. The van der Waals surface area contributed by atoms with Crippen molar-refractivity contribution in [2.75, 3.05) is 7.05 Å². The molecule has 0 amide bonds. The molecule has 3 aliphatic rings. The second-order valence-corrected chi connectivity index (χ2v) is 8.82. The Morgan fingerprint density at radius 1 is 1.25 bits per heavy atom. The molecule has 5 heteroatoms. The van der Waals surface area contributed by atoms with E-state index in [1.165, 1.54) is 30.7 Å². The summed E-state index contributed by atoms with van der Waals surface area (Å²) in [5.74, 6) is -0.365. The summed E-state index contributed by atoms with van der Waals surface area (Å²) in [6.45, 7) is 1.72. The maximum absolute atomic E-state index is 11.0. The Bertz CT molecular complexity index is 511. The van der Waals surface area contributed by atoms with Gasteiger partial charge in [0.25, 0.3) is 0 Å². The second kappa shape index (κ2) is 8.05. The van der Waals surface area contributed by atoms with Gasteiger partial charge in [-0.3, -0.25) is 9.89 Å². The molecule has 1 heterocycles. The van der Waals surface area contributed by atoms with Gasteiger partial charge in [-0.25, -0.2) is 0 Å². The van der Waals surface area contributed by atoms with Crippen LogP contribution in [0.25, 0.3) is 0 Å². The van der Waals surface area contributed by atoms with Crippen molar-refractivity contribution in [3.05, 3.63) is 12.2 Å². The molecule has 134 valence electrons. The quantitative estimate of drug-likeness (QED) is 0.766. The highest BCUT2D eigenvalue weighted by molar-refractivity contribution is 8.15. The van der Waals surface area contributed by atoms with Crippen LogP contribution in [0.4, 0.5) is 0 Å². The highest BCUT2D eigenvalue weighted by Gasteiger charge is 2.31. The topological polar surface area (TPSA) is 55.7 Å². The number of fused-ring (bicyclic) bond motifs is 1. The Morgan fingerprint density at radius 3 is 2.62 bits per heavy atom. The van der Waals surface area contributed by atoms with Crippen LogP contribution in [0.2, 0.25) is 0 Å². The van der Waals surface area contributed by atoms with Crippen molar-refractivity contribution in [3.63, 3.8) is 0 Å². The second-order valence-electron chi connectivity index (χ2n) is 7.56. The van der Waals surface area contributed by atoms with Gasteiger partial charge in [0.2, 0.25) is 0 Å². The summed E-state index contributed by atoms with van der Waals surface area (Å²) in [6.07, 6.45) is 14.3. The van der Waals surface area contributed by atoms with E-state index in [9.17, 15) is 9.90 Å². The summed E-state index contributed by atoms with van der Waals surface area (Å²) in [4.78, 5) is 17.9. The minimum atomic E-state index is -0.975. The zero-order valence-electron chi connectivity index (χ0n) is 14.8. The number of carboxylic acid groups (broad SMARTS) is 1. The van der Waals surface area contributed by atoms with Gasteiger partial charge >= 0.3 is 0 Å². The van der Waals surface area contributed by atoms with Crippen molar-refractivity contribution in [3.8, 4) is 0 Å². The number of hydrogen-bond acceptors (Lipinski definition) is 5. The molecule has 2 fully saturated rings. The molecule has 0 aromatic heterocycles. The predicted molar refractivity (Wildman–Crippen MR) is 98.2 cm³/mol. The van der Waals surface area contributed by atoms with E-state index in [1.807, 2.05) is 23.7 Å². The third kappa shape index (κ3) is 4.23. The standard InChI is InChI=1S/C19H30N2O2S/c1-13(19(22)23)21(2)15-10-7-14(8-11-15)9-12-18-20-16-5-3-4-6-17(16)24-18/h9,12-17H,3-8,10-11H2,1-2H3,(H,22,23)/p-1/b12-9+. The molecule has 4 nitrogen and oxygen atoms in total. The normalized spacial score (nSPS) is 35.0. The van der Waals surface area contributed by atoms with Crippen LogP contribution < -0.4 is 5.11 Å². The van der Waals surface area contributed by atoms with E-state index in [4.69, 9.17) is 4.99 Å². The number of allylic oxidation sites excluding steroid dienone is 1. The van der Waals surface area contributed by atoms with Crippen molar-refractivity contribution in [2.24, 2.45) is 10.9 Å². The Morgan fingerprint density at radius 2 is 1.96 bits per heavy atom. The summed E-state index contributed by atoms with van der Waals surface area (Å²) in [6, 6.07) is 0.428. The molecular weight excluding hydrogens is 320 g/mol. The molecular formula is C19H29N2O2S-. The number of hydrogen-bond donors (Lipinski definition) is 0. The zero-order chi connectivity index (χ0) is 17.1. The van der Waals surface area contributed by atoms with Crippen molar-refractivity contribution in [2.45, 2.75) is 81.7 Å². The minimum absolute atomic E-state index is 0.364. The van der Waals surface area contributed by atoms with Crippen molar-refractivity contribution in [1.82, 2.24) is 4.90 Å². The summed E-state index contributed by atoms with van der Waals surface area (Å²) in [7, 11) is 1.91. The summed E-state index contributed by atoms with van der Waals surface area (Å²) in [5.41, 5.74) is 0. The first-order chi connectivity index (χ1) is 11.5. The molecule has 0 N–H and O–H groups in total. The van der Waals surface area contributed by atoms with E-state index in [-0.39, 0.29) is 0 Å². The molecule has 0 radical (unpaired) electrons. The highest BCUT2D eigenvalue weighted by Crippen LogP contribution is 2.38. The minimum Gasteiger partial charge on any atom is -0.548 e. The van der Waals surface area contributed by atoms with Gasteiger partial charge in [0, 0.05) is 17.3 Å². The summed E-state index contributed by atoms with van der Waals surface area (Å²) >= 11 is 1.98. The lowest BCUT2D eigenvalue weighted by Gasteiger charge is -2.37. The van der Waals surface area contributed by atoms with E-state index in [0.29, 0.717) is 18.0 Å². The van der Waals surface area contributed by atoms with Crippen molar-refractivity contribution in [1.29, 1.82) is 0 Å². The van der Waals surface area contributed by atoms with Crippen LogP contribution in [0.5, 0.6) is 0 Å². The number of aliphatic carboxylic acids is 1. The van der Waals surface area contributed by atoms with Gasteiger partial charge in [-0.05, 0) is 64.5 Å². The average molecular weight is 350 g/mol. The van der Waals surface area contributed by atoms with E-state index in [0.717, 1.165) is 30.9 Å². The smallest absolute Gasteiger partial charge is 0.0908 e. The maximum Gasteiger partial charge on any atom is 0.0908 e. The van der Waals surface area contributed by atoms with Gasteiger partial charge in [-0.1, -0.05) is 18.9 Å². The highest BCUT2D eigenvalue weighted by atomic mass is 32.2. The molecule has 0 aromatic carbocycles. The predicted octanol–water partition coefficient (Wildman–Crippen LogP) is 2.63. The van der Waals surface area contributed by atoms with Crippen LogP contribution in [-0.4, -0.2) is 46.3 Å². The first kappa shape index (κ1) is 18.0. The first-order valence-electron chi connectivity index (χ1n) is 9.40. The van der Waals surface area contributed by atoms with Crippen LogP contribution in [0, 0.1) is 5.92 Å². The van der Waals surface area contributed by atoms with Gasteiger partial charge < -0.3 is 9.90 Å². The summed E-state index contributed by atoms with van der Waals surface area (Å²) in [5, 5.41) is 13.0. The van der Waals surface area contributed by atoms with E-state index in [2.05, 4.69) is 12.2 Å². The maximum atomic E-state index is 11.0. The first-order valence-corrected chi connectivity index (χ1v) is 10.3. The zero-order valence-corrected chi connectivity index (χ0v) is 15.6. The molecule has 1 aliphatic heterocycles. The third-order valence-electron chi connectivity index (χ3n) is 6.01. The molecule has 24 heavy (non-hydrogen) atoms. The lowest BCUT2D eigenvalue weighted by Crippen LogP contribution is -2.49. The third-order valence-corrected chi connectivity index (χ3v) is 7.35. The average Bonchev–Trinajstić information content (AvgIpc) is 3.02. The molecule has 3 unspecified atom stereocenters. The fourth-order valence-corrected chi connectivity index (χ4v) is 5.50. The van der Waals surface area contributed by atoms with Gasteiger partial charge in [-0.15, -0.1) is 11.8 Å². The van der Waals surface area contributed by atoms with Crippen molar-refractivity contribution < 1.29 is 9.90 Å². The molecule has 2 aliphatic carbocycles. The number of carbonyl (C=O) groups is 1. The molecule has 2 saturated carbocycles. The molecule has 3 atom stereocenters. The van der Waals surface area contributed by atoms with Crippen LogP contribution >= 0.6 is 11.8 Å². The molecule has 0 spiro atoms. The fourth-order valence-electron chi connectivity index (χ4n) is 4.20. The molecule has 3 rings (SSSR count). The number of carbonyl (C=O) groups excluding carboxylic acids is 1. The van der Waals surface area contributed by atoms with E-state index in [1.54, 1.807) is 6.92 Å². The number of thioether (sulfide) groups is 1.